The van der Waals surface area contributed by atoms with Crippen LogP contribution in [0.15, 0.2) is 30.5 Å². The Morgan fingerprint density at radius 2 is 2.00 bits per heavy atom. The van der Waals surface area contributed by atoms with Gasteiger partial charge < -0.3 is 34.6 Å². The Morgan fingerprint density at radius 3 is 2.61 bits per heavy atom. The number of anilines is 1. The SMILES string of the molecule is COc1ccc([C@@H]2CN(C(=O)[C@@H](O)CO)C[C@@]2(C)[C@@H](C)O)cc1OC1CN(c2ncc(Cl)cc2F)C1. The van der Waals surface area contributed by atoms with Gasteiger partial charge in [-0.2, -0.15) is 0 Å². The van der Waals surface area contributed by atoms with E-state index in [4.69, 9.17) is 21.1 Å². The molecule has 2 fully saturated rings. The minimum atomic E-state index is -1.50. The monoisotopic (exact) mass is 523 g/mol. The molecule has 2 aromatic rings. The van der Waals surface area contributed by atoms with Crippen LogP contribution in [0.1, 0.15) is 25.3 Å². The van der Waals surface area contributed by atoms with Crippen LogP contribution in [-0.4, -0.2) is 89.3 Å². The number of nitrogens with zero attached hydrogens (tertiary/aromatic N) is 3. The first-order valence-electron chi connectivity index (χ1n) is 11.7. The molecular formula is C25H31ClFN3O6. The number of aliphatic hydroxyl groups excluding tert-OH is 3. The molecule has 0 saturated carbocycles. The van der Waals surface area contributed by atoms with Gasteiger partial charge in [0.05, 0.1) is 37.9 Å². The lowest BCUT2D eigenvalue weighted by atomic mass is 9.72. The molecule has 1 aromatic heterocycles. The van der Waals surface area contributed by atoms with E-state index in [2.05, 4.69) is 4.98 Å². The normalized spacial score (nSPS) is 23.8. The summed E-state index contributed by atoms with van der Waals surface area (Å²) in [5.41, 5.74) is 0.145. The molecule has 196 valence electrons. The fourth-order valence-corrected chi connectivity index (χ4v) is 5.03. The zero-order valence-corrected chi connectivity index (χ0v) is 21.2. The molecule has 2 saturated heterocycles. The molecule has 3 N–H and O–H groups in total. The van der Waals surface area contributed by atoms with Gasteiger partial charge in [-0.05, 0) is 30.7 Å². The highest BCUT2D eigenvalue weighted by Gasteiger charge is 2.49. The third kappa shape index (κ3) is 4.95. The van der Waals surface area contributed by atoms with E-state index in [0.29, 0.717) is 24.6 Å². The highest BCUT2D eigenvalue weighted by atomic mass is 35.5. The number of hydrogen-bond donors (Lipinski definition) is 3. The van der Waals surface area contributed by atoms with Gasteiger partial charge in [-0.3, -0.25) is 4.79 Å². The number of amides is 1. The number of pyridine rings is 1. The molecular weight excluding hydrogens is 493 g/mol. The van der Waals surface area contributed by atoms with Crippen LogP contribution in [0.25, 0.3) is 0 Å². The molecule has 9 nitrogen and oxygen atoms in total. The molecule has 1 amide bonds. The van der Waals surface area contributed by atoms with E-state index in [1.165, 1.54) is 24.3 Å². The number of carbonyl (C=O) groups excluding carboxylic acids is 1. The maximum atomic E-state index is 14.2. The van der Waals surface area contributed by atoms with Crippen LogP contribution in [0.4, 0.5) is 10.2 Å². The lowest BCUT2D eigenvalue weighted by molar-refractivity contribution is -0.141. The van der Waals surface area contributed by atoms with Gasteiger partial charge in [-0.25, -0.2) is 9.37 Å². The van der Waals surface area contributed by atoms with Gasteiger partial charge in [0.1, 0.15) is 6.10 Å². The van der Waals surface area contributed by atoms with Crippen LogP contribution in [-0.2, 0) is 4.79 Å². The summed E-state index contributed by atoms with van der Waals surface area (Å²) >= 11 is 5.79. The second-order valence-electron chi connectivity index (χ2n) is 9.67. The Bertz CT molecular complexity index is 1120. The number of methoxy groups -OCH3 is 1. The largest absolute Gasteiger partial charge is 0.493 e. The van der Waals surface area contributed by atoms with E-state index in [1.807, 2.05) is 19.1 Å². The number of rotatable bonds is 8. The summed E-state index contributed by atoms with van der Waals surface area (Å²) in [6, 6.07) is 6.70. The Balaban J connectivity index is 1.53. The van der Waals surface area contributed by atoms with Crippen LogP contribution in [0, 0.1) is 11.2 Å². The predicted molar refractivity (Wildman–Crippen MR) is 131 cm³/mol. The van der Waals surface area contributed by atoms with E-state index >= 15 is 0 Å². The molecule has 11 heteroatoms. The van der Waals surface area contributed by atoms with Gasteiger partial charge >= 0.3 is 0 Å². The molecule has 36 heavy (non-hydrogen) atoms. The number of halogens is 2. The highest BCUT2D eigenvalue weighted by Crippen LogP contribution is 2.47. The quantitative estimate of drug-likeness (QED) is 0.480. The van der Waals surface area contributed by atoms with Crippen LogP contribution in [0.2, 0.25) is 5.02 Å². The van der Waals surface area contributed by atoms with Crippen molar-refractivity contribution in [1.82, 2.24) is 9.88 Å². The van der Waals surface area contributed by atoms with Gasteiger partial charge in [0.15, 0.2) is 29.2 Å². The van der Waals surface area contributed by atoms with E-state index < -0.39 is 36.0 Å². The average Bonchev–Trinajstić information content (AvgIpc) is 3.19. The molecule has 0 bridgehead atoms. The second kappa shape index (κ2) is 10.4. The number of carbonyl (C=O) groups is 1. The van der Waals surface area contributed by atoms with E-state index in [1.54, 1.807) is 17.9 Å². The van der Waals surface area contributed by atoms with Crippen molar-refractivity contribution in [1.29, 1.82) is 0 Å². The van der Waals surface area contributed by atoms with Crippen molar-refractivity contribution < 1.29 is 34.0 Å². The predicted octanol–water partition coefficient (Wildman–Crippen LogP) is 1.82. The first-order valence-corrected chi connectivity index (χ1v) is 12.1. The number of benzene rings is 1. The fourth-order valence-electron chi connectivity index (χ4n) is 4.89. The average molecular weight is 524 g/mol. The number of hydrogen-bond acceptors (Lipinski definition) is 8. The van der Waals surface area contributed by atoms with Crippen LogP contribution < -0.4 is 14.4 Å². The number of aliphatic hydroxyl groups is 3. The molecule has 0 unspecified atom stereocenters. The van der Waals surface area contributed by atoms with E-state index in [9.17, 15) is 24.5 Å². The summed E-state index contributed by atoms with van der Waals surface area (Å²) in [5, 5.41) is 29.9. The topological polar surface area (TPSA) is 116 Å². The summed E-state index contributed by atoms with van der Waals surface area (Å²) < 4.78 is 25.9. The van der Waals surface area contributed by atoms with Crippen molar-refractivity contribution in [2.45, 2.75) is 38.1 Å². The zero-order chi connectivity index (χ0) is 26.2. The molecule has 4 atom stereocenters. The Labute approximate surface area is 214 Å². The first kappa shape index (κ1) is 26.4. The standard InChI is InChI=1S/C25H31ClFN3O6/c1-14(32)25(2)13-30(24(34)20(33)12-31)11-18(25)15-4-5-21(35-3)22(6-15)36-17-9-29(10-17)23-19(27)7-16(26)8-28-23/h4-8,14,17-18,20,31-33H,9-13H2,1-3H3/t14-,18+,20+,25+/m1/s1. The molecule has 2 aliphatic rings. The van der Waals surface area contributed by atoms with Gasteiger partial charge in [-0.1, -0.05) is 24.6 Å². The summed E-state index contributed by atoms with van der Waals surface area (Å²) in [6.45, 7) is 4.25. The number of aromatic nitrogens is 1. The molecule has 0 aliphatic carbocycles. The summed E-state index contributed by atoms with van der Waals surface area (Å²) in [6.07, 6.45) is -1.08. The Kier molecular flexibility index (Phi) is 7.61. The van der Waals surface area contributed by atoms with Crippen molar-refractivity contribution in [3.8, 4) is 11.5 Å². The first-order chi connectivity index (χ1) is 17.1. The maximum Gasteiger partial charge on any atom is 0.253 e. The van der Waals surface area contributed by atoms with E-state index in [0.717, 1.165) is 5.56 Å². The molecule has 0 radical (unpaired) electrons. The van der Waals surface area contributed by atoms with Crippen molar-refractivity contribution >= 4 is 23.3 Å². The lowest BCUT2D eigenvalue weighted by Crippen LogP contribution is -2.54. The van der Waals surface area contributed by atoms with Crippen LogP contribution in [0.5, 0.6) is 11.5 Å². The third-order valence-corrected chi connectivity index (χ3v) is 7.48. The molecule has 2 aliphatic heterocycles. The minimum Gasteiger partial charge on any atom is -0.493 e. The van der Waals surface area contributed by atoms with Gasteiger partial charge in [0, 0.05) is 30.6 Å². The fraction of sp³-hybridized carbons (Fsp3) is 0.520. The minimum absolute atomic E-state index is 0.216. The van der Waals surface area contributed by atoms with Crippen molar-refractivity contribution in [2.75, 3.05) is 44.8 Å². The van der Waals surface area contributed by atoms with Gasteiger partial charge in [0.25, 0.3) is 5.91 Å². The van der Waals surface area contributed by atoms with Crippen LogP contribution in [0.3, 0.4) is 0 Å². The van der Waals surface area contributed by atoms with E-state index in [-0.39, 0.29) is 36.0 Å². The molecule has 3 heterocycles. The summed E-state index contributed by atoms with van der Waals surface area (Å²) in [4.78, 5) is 19.8. The number of ether oxygens (including phenoxy) is 2. The third-order valence-electron chi connectivity index (χ3n) is 7.27. The Hall–Kier alpha value is -2.66. The maximum absolute atomic E-state index is 14.2. The zero-order valence-electron chi connectivity index (χ0n) is 20.4. The van der Waals surface area contributed by atoms with Crippen molar-refractivity contribution in [3.05, 3.63) is 46.9 Å². The smallest absolute Gasteiger partial charge is 0.253 e. The van der Waals surface area contributed by atoms with Gasteiger partial charge in [0.2, 0.25) is 0 Å². The molecule has 4 rings (SSSR count). The van der Waals surface area contributed by atoms with Gasteiger partial charge in [-0.15, -0.1) is 0 Å². The van der Waals surface area contributed by atoms with Crippen molar-refractivity contribution in [3.63, 3.8) is 0 Å². The second-order valence-corrected chi connectivity index (χ2v) is 10.1. The summed E-state index contributed by atoms with van der Waals surface area (Å²) in [7, 11) is 1.54. The molecule has 0 spiro atoms. The van der Waals surface area contributed by atoms with Crippen molar-refractivity contribution in [2.24, 2.45) is 5.41 Å². The highest BCUT2D eigenvalue weighted by molar-refractivity contribution is 6.30. The Morgan fingerprint density at radius 1 is 1.28 bits per heavy atom. The lowest BCUT2D eigenvalue weighted by Gasteiger charge is -2.40. The summed E-state index contributed by atoms with van der Waals surface area (Å²) in [5.74, 6) is -0.0935. The number of likely N-dealkylation sites (tertiary alicyclic amines) is 1. The molecule has 1 aromatic carbocycles. The van der Waals surface area contributed by atoms with Crippen LogP contribution >= 0.6 is 11.6 Å².